The van der Waals surface area contributed by atoms with Gasteiger partial charge in [0, 0.05) is 0 Å². The number of aliphatic hydroxyl groups is 2. The number of carbonyl (C=O) groups excluding carboxylic acids is 1. The molecule has 0 fully saturated rings. The van der Waals surface area contributed by atoms with E-state index >= 15 is 0 Å². The highest BCUT2D eigenvalue weighted by molar-refractivity contribution is 7.93. The van der Waals surface area contributed by atoms with Crippen LogP contribution in [-0.4, -0.2) is 25.3 Å². The van der Waals surface area contributed by atoms with Crippen LogP contribution in [0.1, 0.15) is 65.2 Å². The van der Waals surface area contributed by atoms with E-state index < -0.39 is 28.0 Å². The highest BCUT2D eigenvalue weighted by Gasteiger charge is 2.30. The van der Waals surface area contributed by atoms with Crippen molar-refractivity contribution < 1.29 is 19.2 Å². The molecule has 162 valence electrons. The van der Waals surface area contributed by atoms with Crippen LogP contribution in [0.25, 0.3) is 0 Å². The number of benzene rings is 1. The summed E-state index contributed by atoms with van der Waals surface area (Å²) < 4.78 is 23.8. The van der Waals surface area contributed by atoms with Gasteiger partial charge in [0.25, 0.3) is 0 Å². The summed E-state index contributed by atoms with van der Waals surface area (Å²) in [5.41, 5.74) is 4.96. The lowest BCUT2D eigenvalue weighted by molar-refractivity contribution is -0.118. The van der Waals surface area contributed by atoms with Gasteiger partial charge in [-0.1, -0.05) is 6.07 Å². The molecule has 0 unspecified atom stereocenters. The number of nitrogens with one attached hydrogen (secondary N) is 2. The van der Waals surface area contributed by atoms with E-state index in [0.29, 0.717) is 0 Å². The minimum Gasteiger partial charge on any atom is -0.390 e. The molecule has 4 N–H and O–H groups in total. The average Bonchev–Trinajstić information content (AvgIpc) is 3.38. The summed E-state index contributed by atoms with van der Waals surface area (Å²) in [7, 11) is -3.70. The van der Waals surface area contributed by atoms with Crippen molar-refractivity contribution in [2.75, 3.05) is 0 Å². The normalized spacial score (nSPS) is 17.5. The molecule has 30 heavy (non-hydrogen) atoms. The van der Waals surface area contributed by atoms with E-state index in [-0.39, 0.29) is 21.3 Å². The van der Waals surface area contributed by atoms with Gasteiger partial charge in [0.05, 0.1) is 18.7 Å². The smallest absolute Gasteiger partial charge is 0.236 e. The lowest BCUT2D eigenvalue weighted by atomic mass is 9.92. The number of hydrogen-bond acceptors (Lipinski definition) is 7. The molecule has 1 amide bonds. The third kappa shape index (κ3) is 3.91. The van der Waals surface area contributed by atoms with E-state index in [0.717, 1.165) is 55.4 Å². The first-order chi connectivity index (χ1) is 14.1. The van der Waals surface area contributed by atoms with Crippen LogP contribution >= 0.6 is 11.3 Å². The van der Waals surface area contributed by atoms with Crippen molar-refractivity contribution in [3.63, 3.8) is 0 Å². The third-order valence-corrected chi connectivity index (χ3v) is 9.22. The summed E-state index contributed by atoms with van der Waals surface area (Å²) in [6.45, 7) is 2.53. The summed E-state index contributed by atoms with van der Waals surface area (Å²) in [6, 6.07) is 2.29. The van der Waals surface area contributed by atoms with Crippen LogP contribution in [0.2, 0.25) is 0 Å². The van der Waals surface area contributed by atoms with E-state index in [1.54, 1.807) is 0 Å². The van der Waals surface area contributed by atoms with Gasteiger partial charge in [0.15, 0.2) is 9.92 Å². The highest BCUT2D eigenvalue weighted by atomic mass is 32.2. The number of amides is 1. The molecule has 2 aliphatic rings. The SMILES string of the molecule is CC(C)(O)c1nc(CO)c([S@@](=N)(=O)NC(=O)Cc2c3c(cc4c2CCC4)CCC3)s1. The molecule has 2 aliphatic carbocycles. The number of nitrogens with zero attached hydrogens (tertiary/aromatic N) is 1. The van der Waals surface area contributed by atoms with Crippen LogP contribution in [0, 0.1) is 4.78 Å². The lowest BCUT2D eigenvalue weighted by Crippen LogP contribution is -2.31. The minimum atomic E-state index is -3.70. The van der Waals surface area contributed by atoms with Gasteiger partial charge in [-0.15, -0.1) is 11.3 Å². The second kappa shape index (κ2) is 7.71. The molecule has 0 radical (unpaired) electrons. The van der Waals surface area contributed by atoms with Crippen molar-refractivity contribution in [1.82, 2.24) is 9.71 Å². The molecule has 2 aromatic rings. The molecule has 1 heterocycles. The zero-order valence-electron chi connectivity index (χ0n) is 17.2. The van der Waals surface area contributed by atoms with Gasteiger partial charge in [0.1, 0.15) is 14.8 Å². The van der Waals surface area contributed by atoms with E-state index in [4.69, 9.17) is 4.78 Å². The van der Waals surface area contributed by atoms with Crippen LogP contribution in [0.5, 0.6) is 0 Å². The molecule has 0 bridgehead atoms. The second-order valence-corrected chi connectivity index (χ2v) is 11.5. The highest BCUT2D eigenvalue weighted by Crippen LogP contribution is 2.36. The van der Waals surface area contributed by atoms with Crippen LogP contribution < -0.4 is 4.72 Å². The first-order valence-corrected chi connectivity index (χ1v) is 12.6. The van der Waals surface area contributed by atoms with Gasteiger partial charge in [-0.3, -0.25) is 9.52 Å². The Morgan fingerprint density at radius 1 is 1.23 bits per heavy atom. The largest absolute Gasteiger partial charge is 0.390 e. The Kier molecular flexibility index (Phi) is 5.50. The maximum atomic E-state index is 13.1. The summed E-state index contributed by atoms with van der Waals surface area (Å²) in [5.74, 6) is -0.466. The van der Waals surface area contributed by atoms with Crippen molar-refractivity contribution in [1.29, 1.82) is 4.78 Å². The van der Waals surface area contributed by atoms with E-state index in [9.17, 15) is 19.2 Å². The third-order valence-electron chi connectivity index (χ3n) is 5.79. The van der Waals surface area contributed by atoms with Gasteiger partial charge in [-0.05, 0) is 80.2 Å². The fourth-order valence-corrected chi connectivity index (χ4v) is 7.04. The van der Waals surface area contributed by atoms with Crippen molar-refractivity contribution in [3.8, 4) is 0 Å². The van der Waals surface area contributed by atoms with Crippen molar-refractivity contribution in [2.45, 2.75) is 75.2 Å². The predicted octanol–water partition coefficient (Wildman–Crippen LogP) is 2.52. The first kappa shape index (κ1) is 21.4. The number of thiazole rings is 1. The fraction of sp³-hybridized carbons (Fsp3) is 0.524. The summed E-state index contributed by atoms with van der Waals surface area (Å²) in [6.07, 6.45) is 6.26. The summed E-state index contributed by atoms with van der Waals surface area (Å²) in [4.78, 5) is 17.0. The minimum absolute atomic E-state index is 0.0148. The molecule has 0 aliphatic heterocycles. The van der Waals surface area contributed by atoms with Crippen molar-refractivity contribution in [3.05, 3.63) is 44.6 Å². The van der Waals surface area contributed by atoms with Crippen molar-refractivity contribution in [2.24, 2.45) is 0 Å². The van der Waals surface area contributed by atoms with Crippen LogP contribution in [0.4, 0.5) is 0 Å². The Morgan fingerprint density at radius 3 is 2.37 bits per heavy atom. The maximum absolute atomic E-state index is 13.1. The molecule has 0 spiro atoms. The Bertz CT molecular complexity index is 1080. The van der Waals surface area contributed by atoms with Crippen LogP contribution in [0.3, 0.4) is 0 Å². The van der Waals surface area contributed by atoms with Gasteiger partial charge in [-0.25, -0.2) is 14.0 Å². The monoisotopic (exact) mass is 449 g/mol. The van der Waals surface area contributed by atoms with Gasteiger partial charge >= 0.3 is 0 Å². The second-order valence-electron chi connectivity index (χ2n) is 8.57. The molecule has 1 aromatic heterocycles. The Hall–Kier alpha value is -1.81. The molecule has 0 saturated carbocycles. The number of hydrogen-bond donors (Lipinski definition) is 4. The number of aryl methyl sites for hydroxylation is 2. The van der Waals surface area contributed by atoms with Gasteiger partial charge in [-0.2, -0.15) is 0 Å². The molecule has 1 aromatic carbocycles. The molecular formula is C21H27N3O4S2. The molecule has 1 atom stereocenters. The van der Waals surface area contributed by atoms with E-state index in [2.05, 4.69) is 15.8 Å². The van der Waals surface area contributed by atoms with Crippen molar-refractivity contribution >= 4 is 27.2 Å². The van der Waals surface area contributed by atoms with Gasteiger partial charge < -0.3 is 10.2 Å². The first-order valence-electron chi connectivity index (χ1n) is 10.2. The van der Waals surface area contributed by atoms with E-state index in [1.165, 1.54) is 36.1 Å². The lowest BCUT2D eigenvalue weighted by Gasteiger charge is -2.16. The predicted molar refractivity (Wildman–Crippen MR) is 115 cm³/mol. The molecule has 0 saturated heterocycles. The summed E-state index contributed by atoms with van der Waals surface area (Å²) in [5, 5.41) is 20.0. The molecule has 9 heteroatoms. The zero-order chi connectivity index (χ0) is 21.7. The topological polar surface area (TPSA) is 123 Å². The Balaban J connectivity index is 1.61. The average molecular weight is 450 g/mol. The summed E-state index contributed by atoms with van der Waals surface area (Å²) >= 11 is 0.888. The quantitative estimate of drug-likeness (QED) is 0.540. The Morgan fingerprint density at radius 2 is 1.83 bits per heavy atom. The number of carbonyl (C=O) groups is 1. The molecule has 7 nitrogen and oxygen atoms in total. The molecular weight excluding hydrogens is 422 g/mol. The maximum Gasteiger partial charge on any atom is 0.236 e. The fourth-order valence-electron chi connectivity index (χ4n) is 4.48. The van der Waals surface area contributed by atoms with E-state index in [1.807, 2.05) is 0 Å². The standard InChI is InChI=1S/C21H27N3O4S2/c1-21(2,27)20-23-17(11-25)19(29-20)30(22,28)24-18(26)10-16-14-7-3-5-12(14)9-13-6-4-8-15(13)16/h9,25,27H,3-8,10-11H2,1-2H3,(H2,22,24,26,28)/t30-/m0/s1. The number of aliphatic hydroxyl groups excluding tert-OH is 1. The van der Waals surface area contributed by atoms with Crippen LogP contribution in [-0.2, 0) is 59.0 Å². The number of fused-ring (bicyclic) bond motifs is 2. The Labute approximate surface area is 180 Å². The number of aromatic nitrogens is 1. The zero-order valence-corrected chi connectivity index (χ0v) is 18.8. The van der Waals surface area contributed by atoms with Crippen LogP contribution in [0.15, 0.2) is 10.3 Å². The number of rotatable bonds is 6. The van der Waals surface area contributed by atoms with Gasteiger partial charge in [0.2, 0.25) is 5.91 Å². The molecule has 4 rings (SSSR count).